The molecule has 0 aromatic carbocycles. The molecule has 0 spiro atoms. The molecule has 0 saturated heterocycles. The Kier molecular flexibility index (Phi) is 129. The maximum Gasteiger partial charge on any atom is 2.00 e. The molecule has 0 aromatic rings. The van der Waals surface area contributed by atoms with Gasteiger partial charge in [0.1, 0.15) is 0 Å². The van der Waals surface area contributed by atoms with Gasteiger partial charge in [-0.1, -0.05) is 0 Å². The van der Waals surface area contributed by atoms with Gasteiger partial charge in [0.15, 0.2) is 0 Å². The van der Waals surface area contributed by atoms with Gasteiger partial charge in [-0.3, -0.25) is 0 Å². The van der Waals surface area contributed by atoms with Gasteiger partial charge >= 0.3 is 37.7 Å². The van der Waals surface area contributed by atoms with E-state index in [4.69, 9.17) is 10.0 Å². The molecule has 0 saturated carbocycles. The van der Waals surface area contributed by atoms with Crippen molar-refractivity contribution in [2.75, 3.05) is 0 Å². The first kappa shape index (κ1) is 25.4. The monoisotopic (exact) mass is 135 g/mol. The van der Waals surface area contributed by atoms with Gasteiger partial charge in [0.2, 0.25) is 0 Å². The average molecular weight is 135 g/mol. The second-order valence-electron chi connectivity index (χ2n) is 0.0962. The summed E-state index contributed by atoms with van der Waals surface area (Å²) in [7, 11) is -0.500. The van der Waals surface area contributed by atoms with Crippen molar-refractivity contribution in [3.05, 3.63) is 0 Å². The molecular formula is H5BCaO3P. The molecule has 2 N–H and O–H groups in total. The third-order valence-corrected chi connectivity index (χ3v) is 0. The fraction of sp³-hybridized carbons (Fsp3) is 0. The molecular weight excluding hydrogens is 130 g/mol. The van der Waals surface area contributed by atoms with E-state index in [9.17, 15) is 0 Å². The summed E-state index contributed by atoms with van der Waals surface area (Å²) in [5.74, 6) is 0. The van der Waals surface area contributed by atoms with Crippen LogP contribution in [0.2, 0.25) is 0 Å². The summed E-state index contributed by atoms with van der Waals surface area (Å²) in [6, 6.07) is 0. The molecule has 0 fully saturated rings. The van der Waals surface area contributed by atoms with Crippen LogP contribution in [0.4, 0.5) is 0 Å². The molecule has 0 aliphatic rings. The zero-order chi connectivity index (χ0) is 2.71. The van der Waals surface area contributed by atoms with Crippen molar-refractivity contribution in [1.82, 2.24) is 0 Å². The molecule has 1 radical (unpaired) electrons. The van der Waals surface area contributed by atoms with Gasteiger partial charge in [-0.15, -0.1) is 0 Å². The Balaban J connectivity index is -0.00000000667. The molecule has 1 unspecified atom stereocenters. The van der Waals surface area contributed by atoms with Crippen LogP contribution in [-0.4, -0.2) is 50.9 Å². The summed E-state index contributed by atoms with van der Waals surface area (Å²) >= 11 is 0. The zero-order valence-corrected chi connectivity index (χ0v) is 6.93. The minimum atomic E-state index is -0.500. The second kappa shape index (κ2) is 30.3. The van der Waals surface area contributed by atoms with Gasteiger partial charge in [-0.25, -0.2) is 7.69 Å². The van der Waals surface area contributed by atoms with Crippen molar-refractivity contribution in [3.8, 4) is 0 Å². The molecule has 0 amide bonds. The third-order valence-electron chi connectivity index (χ3n) is 0. The third kappa shape index (κ3) is 45.3. The first-order valence-electron chi connectivity index (χ1n) is 0.471. The van der Waals surface area contributed by atoms with Crippen LogP contribution in [0.1, 0.15) is 0 Å². The molecule has 0 aliphatic carbocycles. The van der Waals surface area contributed by atoms with E-state index in [0.29, 0.717) is 0 Å². The molecule has 3 nitrogen and oxygen atoms in total. The molecule has 0 rings (SSSR count). The van der Waals surface area contributed by atoms with Crippen molar-refractivity contribution in [1.29, 1.82) is 0 Å². The standard InChI is InChI=1S/BO2.Ca.H2O.H3P/c2-1-3;;;/h;;1H2;1H3/q-2;+2;;. The van der Waals surface area contributed by atoms with E-state index in [2.05, 4.69) is 0 Å². The van der Waals surface area contributed by atoms with Crippen molar-refractivity contribution < 1.29 is 15.5 Å². The summed E-state index contributed by atoms with van der Waals surface area (Å²) in [6.45, 7) is 0. The zero-order valence-electron chi connectivity index (χ0n) is 3.31. The Labute approximate surface area is 70.4 Å². The Hall–Kier alpha value is 1.63. The van der Waals surface area contributed by atoms with E-state index in [-0.39, 0.29) is 53.1 Å². The number of hydrogen-bond acceptors (Lipinski definition) is 2. The normalized spacial score (nSPS) is 2.33. The molecule has 0 bridgehead atoms. The summed E-state index contributed by atoms with van der Waals surface area (Å²) in [6.07, 6.45) is 0. The van der Waals surface area contributed by atoms with Crippen LogP contribution in [0.3, 0.4) is 0 Å². The molecule has 6 heavy (non-hydrogen) atoms. The second-order valence-corrected chi connectivity index (χ2v) is 0.0962. The molecule has 1 atom stereocenters. The topological polar surface area (TPSA) is 77.6 Å². The van der Waals surface area contributed by atoms with Crippen LogP contribution < -0.4 is 10.0 Å². The van der Waals surface area contributed by atoms with Crippen LogP contribution in [0.25, 0.3) is 0 Å². The van der Waals surface area contributed by atoms with Gasteiger partial charge in [0.25, 0.3) is 0 Å². The maximum atomic E-state index is 8.25. The molecule has 33 valence electrons. The predicted octanol–water partition coefficient (Wildman–Crippen LogP) is -3.91. The quantitative estimate of drug-likeness (QED) is 0.251. The molecule has 6 heteroatoms. The van der Waals surface area contributed by atoms with Crippen LogP contribution in [0.5, 0.6) is 0 Å². The maximum absolute atomic E-state index is 8.25. The largest absolute Gasteiger partial charge is 2.00 e. The number of rotatable bonds is 0. The van der Waals surface area contributed by atoms with Crippen molar-refractivity contribution in [2.24, 2.45) is 0 Å². The van der Waals surface area contributed by atoms with Gasteiger partial charge < -0.3 is 15.5 Å². The smallest absolute Gasteiger partial charge is 0.900 e. The van der Waals surface area contributed by atoms with Gasteiger partial charge in [-0.2, -0.15) is 9.90 Å². The minimum absolute atomic E-state index is 0. The van der Waals surface area contributed by atoms with Crippen molar-refractivity contribution in [2.45, 2.75) is 0 Å². The molecule has 0 heterocycles. The Morgan fingerprint density at radius 2 is 1.17 bits per heavy atom. The first-order chi connectivity index (χ1) is 1.41. The Bertz CT molecular complexity index is 10.8. The van der Waals surface area contributed by atoms with Crippen LogP contribution in [0, 0.1) is 0 Å². The van der Waals surface area contributed by atoms with Crippen molar-refractivity contribution in [3.63, 3.8) is 0 Å². The SMILES string of the molecule is O.P.[Ca+2].[O-][B][O-]. The number of hydrogen-bond donors (Lipinski definition) is 0. The Morgan fingerprint density at radius 1 is 1.17 bits per heavy atom. The molecule has 0 aliphatic heterocycles. The van der Waals surface area contributed by atoms with E-state index in [1.54, 1.807) is 0 Å². The Morgan fingerprint density at radius 3 is 1.17 bits per heavy atom. The summed E-state index contributed by atoms with van der Waals surface area (Å²) in [4.78, 5) is 0. The van der Waals surface area contributed by atoms with Gasteiger partial charge in [0.05, 0.1) is 0 Å². The van der Waals surface area contributed by atoms with Crippen LogP contribution >= 0.6 is 9.90 Å². The van der Waals surface area contributed by atoms with E-state index in [1.165, 1.54) is 0 Å². The predicted molar refractivity (Wildman–Crippen MR) is 26.2 cm³/mol. The van der Waals surface area contributed by atoms with Crippen molar-refractivity contribution >= 4 is 55.3 Å². The van der Waals surface area contributed by atoms with E-state index in [0.717, 1.165) is 0 Å². The summed E-state index contributed by atoms with van der Waals surface area (Å²) in [5, 5.41) is 16.5. The van der Waals surface area contributed by atoms with Crippen LogP contribution in [0.15, 0.2) is 0 Å². The molecule has 0 aromatic heterocycles. The minimum Gasteiger partial charge on any atom is -0.900 e. The fourth-order valence-electron chi connectivity index (χ4n) is 0. The van der Waals surface area contributed by atoms with E-state index >= 15 is 0 Å². The average Bonchev–Trinajstić information content (AvgIpc) is 0.918. The first-order valence-corrected chi connectivity index (χ1v) is 0.471. The van der Waals surface area contributed by atoms with Gasteiger partial charge in [-0.05, 0) is 0 Å². The van der Waals surface area contributed by atoms with E-state index in [1.807, 2.05) is 0 Å². The van der Waals surface area contributed by atoms with Crippen LogP contribution in [-0.2, 0) is 0 Å². The summed E-state index contributed by atoms with van der Waals surface area (Å²) < 4.78 is 0. The van der Waals surface area contributed by atoms with Gasteiger partial charge in [0, 0.05) is 0 Å². The fourth-order valence-corrected chi connectivity index (χ4v) is 0. The summed E-state index contributed by atoms with van der Waals surface area (Å²) in [5.41, 5.74) is 0. The van der Waals surface area contributed by atoms with E-state index < -0.39 is 7.69 Å².